The van der Waals surface area contributed by atoms with Gasteiger partial charge in [-0.1, -0.05) is 13.8 Å². The summed E-state index contributed by atoms with van der Waals surface area (Å²) in [6, 6.07) is 3.65. The van der Waals surface area contributed by atoms with Crippen molar-refractivity contribution in [3.8, 4) is 12.1 Å². The number of aromatic nitrogens is 2. The van der Waals surface area contributed by atoms with Crippen LogP contribution in [0.2, 0.25) is 0 Å². The van der Waals surface area contributed by atoms with E-state index in [2.05, 4.69) is 11.1 Å². The second-order valence-electron chi connectivity index (χ2n) is 4.69. The second-order valence-corrected chi connectivity index (χ2v) is 4.69. The van der Waals surface area contributed by atoms with Crippen LogP contribution >= 0.6 is 0 Å². The van der Waals surface area contributed by atoms with Gasteiger partial charge in [-0.2, -0.15) is 10.2 Å². The Morgan fingerprint density at radius 1 is 1.67 bits per heavy atom. The standard InChI is InChI=1S/C12H13N3O3/c1-3-8-7(2)10-12(6-13,18-8)15-5-4-9(16)14-11(15)17-10/h4-5,7-8,10H,3H2,1-2H3/t7-,8-,10+,12-/m1/s1. The van der Waals surface area contributed by atoms with Gasteiger partial charge in [-0.15, -0.1) is 0 Å². The Hall–Kier alpha value is -1.87. The van der Waals surface area contributed by atoms with E-state index in [-0.39, 0.29) is 23.6 Å². The smallest absolute Gasteiger partial charge is 0.303 e. The molecule has 0 unspecified atom stereocenters. The van der Waals surface area contributed by atoms with Crippen molar-refractivity contribution in [3.05, 3.63) is 22.6 Å². The number of nitriles is 1. The molecule has 0 spiro atoms. The van der Waals surface area contributed by atoms with Crippen LogP contribution in [0.1, 0.15) is 20.3 Å². The van der Waals surface area contributed by atoms with Crippen LogP contribution < -0.4 is 10.3 Å². The van der Waals surface area contributed by atoms with Crippen LogP contribution in [0.5, 0.6) is 6.01 Å². The summed E-state index contributed by atoms with van der Waals surface area (Å²) in [6.45, 7) is 4.00. The molecule has 1 aromatic heterocycles. The first-order valence-electron chi connectivity index (χ1n) is 5.98. The molecule has 1 saturated heterocycles. The van der Waals surface area contributed by atoms with Crippen LogP contribution in [0.3, 0.4) is 0 Å². The quantitative estimate of drug-likeness (QED) is 0.727. The normalized spacial score (nSPS) is 36.6. The average Bonchev–Trinajstić information content (AvgIpc) is 2.82. The molecular formula is C12H13N3O3. The van der Waals surface area contributed by atoms with E-state index in [4.69, 9.17) is 9.47 Å². The highest BCUT2D eigenvalue weighted by Gasteiger charge is 2.61. The summed E-state index contributed by atoms with van der Waals surface area (Å²) >= 11 is 0. The summed E-state index contributed by atoms with van der Waals surface area (Å²) < 4.78 is 13.1. The van der Waals surface area contributed by atoms with Gasteiger partial charge in [0.15, 0.2) is 6.10 Å². The third-order valence-electron chi connectivity index (χ3n) is 3.71. The highest BCUT2D eigenvalue weighted by molar-refractivity contribution is 5.22. The van der Waals surface area contributed by atoms with Crippen molar-refractivity contribution in [1.82, 2.24) is 9.55 Å². The van der Waals surface area contributed by atoms with Gasteiger partial charge in [0, 0.05) is 18.2 Å². The monoisotopic (exact) mass is 247 g/mol. The van der Waals surface area contributed by atoms with Crippen LogP contribution in [0, 0.1) is 17.2 Å². The van der Waals surface area contributed by atoms with Crippen molar-refractivity contribution in [2.24, 2.45) is 5.92 Å². The molecule has 0 aliphatic carbocycles. The molecule has 4 atom stereocenters. The van der Waals surface area contributed by atoms with Gasteiger partial charge < -0.3 is 9.47 Å². The zero-order valence-electron chi connectivity index (χ0n) is 10.2. The van der Waals surface area contributed by atoms with Gasteiger partial charge in [-0.3, -0.25) is 9.36 Å². The molecular weight excluding hydrogens is 234 g/mol. The minimum absolute atomic E-state index is 0.0257. The summed E-state index contributed by atoms with van der Waals surface area (Å²) in [4.78, 5) is 15.0. The first-order chi connectivity index (χ1) is 8.62. The predicted octanol–water partition coefficient (Wildman–Crippen LogP) is 0.626. The SMILES string of the molecule is CC[C@H]1O[C@]2(C#N)[C@@H](Oc3nc(=O)ccn32)[C@@H]1C. The van der Waals surface area contributed by atoms with Gasteiger partial charge in [0.25, 0.3) is 11.3 Å². The largest absolute Gasteiger partial charge is 0.454 e. The minimum Gasteiger partial charge on any atom is -0.454 e. The lowest BCUT2D eigenvalue weighted by Gasteiger charge is -2.20. The van der Waals surface area contributed by atoms with E-state index in [1.807, 2.05) is 13.8 Å². The van der Waals surface area contributed by atoms with Gasteiger partial charge in [-0.05, 0) is 6.42 Å². The van der Waals surface area contributed by atoms with Gasteiger partial charge in [0.05, 0.1) is 6.10 Å². The molecule has 2 aliphatic heterocycles. The Balaban J connectivity index is 2.15. The van der Waals surface area contributed by atoms with E-state index < -0.39 is 11.8 Å². The molecule has 2 aliphatic rings. The molecule has 18 heavy (non-hydrogen) atoms. The predicted molar refractivity (Wildman–Crippen MR) is 60.8 cm³/mol. The zero-order valence-corrected chi connectivity index (χ0v) is 10.2. The number of hydrogen-bond acceptors (Lipinski definition) is 5. The van der Waals surface area contributed by atoms with Crippen molar-refractivity contribution in [1.29, 1.82) is 5.26 Å². The molecule has 3 heterocycles. The number of nitrogens with zero attached hydrogens (tertiary/aromatic N) is 3. The highest BCUT2D eigenvalue weighted by Crippen LogP contribution is 2.47. The van der Waals surface area contributed by atoms with Gasteiger partial charge in [0.1, 0.15) is 6.07 Å². The third-order valence-corrected chi connectivity index (χ3v) is 3.71. The number of hydrogen-bond donors (Lipinski definition) is 0. The zero-order chi connectivity index (χ0) is 12.9. The van der Waals surface area contributed by atoms with Crippen molar-refractivity contribution < 1.29 is 9.47 Å². The molecule has 0 saturated carbocycles. The van der Waals surface area contributed by atoms with E-state index in [0.29, 0.717) is 0 Å². The average molecular weight is 247 g/mol. The molecule has 1 aromatic rings. The van der Waals surface area contributed by atoms with Crippen LogP contribution in [-0.4, -0.2) is 21.8 Å². The number of fused-ring (bicyclic) bond motifs is 3. The summed E-state index contributed by atoms with van der Waals surface area (Å²) in [7, 11) is 0. The van der Waals surface area contributed by atoms with Gasteiger partial charge in [0.2, 0.25) is 0 Å². The van der Waals surface area contributed by atoms with Crippen molar-refractivity contribution >= 4 is 0 Å². The first-order valence-corrected chi connectivity index (χ1v) is 5.98. The Kier molecular flexibility index (Phi) is 2.22. The van der Waals surface area contributed by atoms with E-state index in [9.17, 15) is 10.1 Å². The number of ether oxygens (including phenoxy) is 2. The topological polar surface area (TPSA) is 77.1 Å². The highest BCUT2D eigenvalue weighted by atomic mass is 16.6. The van der Waals surface area contributed by atoms with Crippen molar-refractivity contribution in [2.45, 2.75) is 38.2 Å². The molecule has 0 bridgehead atoms. The summed E-state index contributed by atoms with van der Waals surface area (Å²) in [5.41, 5.74) is -1.56. The van der Waals surface area contributed by atoms with E-state index in [1.54, 1.807) is 0 Å². The van der Waals surface area contributed by atoms with Crippen molar-refractivity contribution in [3.63, 3.8) is 0 Å². The molecule has 3 rings (SSSR count). The molecule has 0 aromatic carbocycles. The summed E-state index contributed by atoms with van der Waals surface area (Å²) in [5.74, 6) is 0.0754. The Labute approximate surface area is 104 Å². The van der Waals surface area contributed by atoms with E-state index >= 15 is 0 Å². The molecule has 0 N–H and O–H groups in total. The van der Waals surface area contributed by atoms with E-state index in [1.165, 1.54) is 16.8 Å². The Morgan fingerprint density at radius 2 is 2.44 bits per heavy atom. The van der Waals surface area contributed by atoms with Crippen LogP contribution in [0.15, 0.2) is 17.1 Å². The molecule has 0 radical (unpaired) electrons. The minimum atomic E-state index is -1.18. The third kappa shape index (κ3) is 1.20. The van der Waals surface area contributed by atoms with E-state index in [0.717, 1.165) is 6.42 Å². The first kappa shape index (κ1) is 11.2. The van der Waals surface area contributed by atoms with Crippen molar-refractivity contribution in [2.75, 3.05) is 0 Å². The Bertz CT molecular complexity index is 591. The molecule has 6 heteroatoms. The second kappa shape index (κ2) is 3.56. The summed E-state index contributed by atoms with van der Waals surface area (Å²) in [5, 5.41) is 9.49. The maximum atomic E-state index is 11.2. The van der Waals surface area contributed by atoms with Crippen LogP contribution in [-0.2, 0) is 10.5 Å². The lowest BCUT2D eigenvalue weighted by Crippen LogP contribution is -2.39. The number of rotatable bonds is 1. The maximum absolute atomic E-state index is 11.2. The van der Waals surface area contributed by atoms with Crippen LogP contribution in [0.4, 0.5) is 0 Å². The Morgan fingerprint density at radius 3 is 3.11 bits per heavy atom. The fraction of sp³-hybridized carbons (Fsp3) is 0.583. The molecule has 1 fully saturated rings. The summed E-state index contributed by atoms with van der Waals surface area (Å²) in [6.07, 6.45) is 1.88. The maximum Gasteiger partial charge on any atom is 0.303 e. The van der Waals surface area contributed by atoms with Gasteiger partial charge >= 0.3 is 6.01 Å². The van der Waals surface area contributed by atoms with Gasteiger partial charge in [-0.25, -0.2) is 0 Å². The molecule has 94 valence electrons. The molecule has 6 nitrogen and oxygen atoms in total. The lowest BCUT2D eigenvalue weighted by molar-refractivity contribution is -0.0654. The fourth-order valence-corrected chi connectivity index (χ4v) is 2.77. The van der Waals surface area contributed by atoms with Crippen LogP contribution in [0.25, 0.3) is 0 Å². The fourth-order valence-electron chi connectivity index (χ4n) is 2.77. The molecule has 0 amide bonds. The lowest BCUT2D eigenvalue weighted by atomic mass is 9.94.